The molecular weight excluding hydrogens is 540 g/mol. The molecule has 4 aromatic rings. The Kier molecular flexibility index (Phi) is 7.17. The number of alkyl halides is 3. The van der Waals surface area contributed by atoms with Gasteiger partial charge in [0.25, 0.3) is 5.91 Å². The third-order valence-electron chi connectivity index (χ3n) is 6.83. The van der Waals surface area contributed by atoms with E-state index in [1.165, 1.54) is 36.3 Å². The molecule has 5 rings (SSSR count). The van der Waals surface area contributed by atoms with E-state index in [0.717, 1.165) is 24.4 Å². The van der Waals surface area contributed by atoms with Crippen molar-refractivity contribution in [2.75, 3.05) is 26.7 Å². The molecule has 1 atom stereocenters. The highest BCUT2D eigenvalue weighted by atomic mass is 19.4. The minimum absolute atomic E-state index is 0.0532. The van der Waals surface area contributed by atoms with Crippen LogP contribution in [-0.2, 0) is 12.7 Å². The van der Waals surface area contributed by atoms with Crippen molar-refractivity contribution in [2.24, 2.45) is 0 Å². The van der Waals surface area contributed by atoms with Gasteiger partial charge in [-0.25, -0.2) is 22.7 Å². The van der Waals surface area contributed by atoms with Gasteiger partial charge in [-0.05, 0) is 49.4 Å². The lowest BCUT2D eigenvalue weighted by Crippen LogP contribution is -2.53. The Morgan fingerprint density at radius 2 is 1.80 bits per heavy atom. The van der Waals surface area contributed by atoms with Gasteiger partial charge >= 0.3 is 6.18 Å². The maximum Gasteiger partial charge on any atom is 0.436 e. The van der Waals surface area contributed by atoms with Gasteiger partial charge in [0.15, 0.2) is 17.2 Å². The Labute approximate surface area is 224 Å². The second-order valence-electron chi connectivity index (χ2n) is 9.46. The van der Waals surface area contributed by atoms with Gasteiger partial charge < -0.3 is 9.64 Å². The fourth-order valence-electron chi connectivity index (χ4n) is 4.85. The number of carbonyl (C=O) groups excluding carboxylic acids is 1. The van der Waals surface area contributed by atoms with E-state index in [2.05, 4.69) is 10.1 Å². The molecular formula is C27H23F6N5O2. The predicted molar refractivity (Wildman–Crippen MR) is 132 cm³/mol. The summed E-state index contributed by atoms with van der Waals surface area (Å²) >= 11 is 0. The van der Waals surface area contributed by atoms with Crippen LogP contribution in [0.5, 0.6) is 5.75 Å². The number of ether oxygens (including phenoxy) is 1. The summed E-state index contributed by atoms with van der Waals surface area (Å²) in [5, 5.41) is 3.68. The lowest BCUT2D eigenvalue weighted by atomic mass is 10.1. The Balaban J connectivity index is 1.47. The topological polar surface area (TPSA) is 63.0 Å². The summed E-state index contributed by atoms with van der Waals surface area (Å²) in [6.45, 7) is 2.61. The van der Waals surface area contributed by atoms with Crippen LogP contribution in [0.4, 0.5) is 26.3 Å². The molecule has 7 nitrogen and oxygen atoms in total. The number of aromatic nitrogens is 3. The molecule has 13 heteroatoms. The van der Waals surface area contributed by atoms with Crippen LogP contribution in [0, 0.1) is 17.5 Å². The second-order valence-corrected chi connectivity index (χ2v) is 9.46. The molecule has 210 valence electrons. The number of hydrogen-bond donors (Lipinski definition) is 0. The number of amides is 1. The number of methoxy groups -OCH3 is 1. The van der Waals surface area contributed by atoms with Gasteiger partial charge in [0.2, 0.25) is 0 Å². The molecule has 1 amide bonds. The average Bonchev–Trinajstić information content (AvgIpc) is 3.32. The summed E-state index contributed by atoms with van der Waals surface area (Å²) in [7, 11) is 1.41. The maximum absolute atomic E-state index is 15.2. The molecule has 0 unspecified atom stereocenters. The first-order chi connectivity index (χ1) is 19.0. The summed E-state index contributed by atoms with van der Waals surface area (Å²) in [4.78, 5) is 20.9. The first-order valence-corrected chi connectivity index (χ1v) is 12.2. The molecule has 0 saturated carbocycles. The van der Waals surface area contributed by atoms with Crippen molar-refractivity contribution in [3.8, 4) is 17.0 Å². The lowest BCUT2D eigenvalue weighted by Gasteiger charge is -2.39. The number of hydrogen-bond acceptors (Lipinski definition) is 5. The molecule has 0 spiro atoms. The minimum Gasteiger partial charge on any atom is -0.497 e. The minimum atomic E-state index is -5.13. The smallest absolute Gasteiger partial charge is 0.436 e. The molecule has 0 N–H and O–H groups in total. The van der Waals surface area contributed by atoms with Gasteiger partial charge in [0, 0.05) is 43.3 Å². The van der Waals surface area contributed by atoms with Gasteiger partial charge in [0.05, 0.1) is 13.3 Å². The zero-order valence-corrected chi connectivity index (χ0v) is 21.3. The molecule has 1 saturated heterocycles. The predicted octanol–water partition coefficient (Wildman–Crippen LogP) is 5.19. The van der Waals surface area contributed by atoms with Crippen LogP contribution in [0.2, 0.25) is 0 Å². The number of fused-ring (bicyclic) bond motifs is 1. The maximum atomic E-state index is 15.2. The van der Waals surface area contributed by atoms with Crippen molar-refractivity contribution >= 4 is 11.6 Å². The lowest BCUT2D eigenvalue weighted by molar-refractivity contribution is -0.145. The van der Waals surface area contributed by atoms with Gasteiger partial charge in [-0.15, -0.1) is 0 Å². The highest BCUT2D eigenvalue weighted by Crippen LogP contribution is 2.36. The van der Waals surface area contributed by atoms with Gasteiger partial charge in [-0.1, -0.05) is 0 Å². The van der Waals surface area contributed by atoms with Crippen LogP contribution in [0.1, 0.15) is 28.5 Å². The first kappa shape index (κ1) is 27.4. The van der Waals surface area contributed by atoms with E-state index < -0.39 is 52.6 Å². The zero-order valence-electron chi connectivity index (χ0n) is 21.3. The molecule has 3 heterocycles. The monoisotopic (exact) mass is 563 g/mol. The second kappa shape index (κ2) is 10.5. The SMILES string of the molecule is COc1ccc(-c2nc3c(C(=O)N4CCN(Cc5cc(F)ccc5F)C[C@H]4C)cnn3c(C(F)(F)F)c2F)cc1. The number of piperazine rings is 1. The van der Waals surface area contributed by atoms with E-state index in [0.29, 0.717) is 23.4 Å². The van der Waals surface area contributed by atoms with Crippen molar-refractivity contribution < 1.29 is 35.9 Å². The van der Waals surface area contributed by atoms with E-state index in [1.807, 2.05) is 4.90 Å². The Bertz CT molecular complexity index is 1570. The fourth-order valence-corrected chi connectivity index (χ4v) is 4.85. The highest BCUT2D eigenvalue weighted by Gasteiger charge is 2.41. The normalized spacial score (nSPS) is 16.5. The molecule has 1 aliphatic rings. The average molecular weight is 564 g/mol. The number of halogens is 6. The van der Waals surface area contributed by atoms with Crippen molar-refractivity contribution in [1.29, 1.82) is 0 Å². The first-order valence-electron chi connectivity index (χ1n) is 12.2. The number of benzene rings is 2. The van der Waals surface area contributed by atoms with Crippen LogP contribution in [-0.4, -0.2) is 63.1 Å². The number of carbonyl (C=O) groups is 1. The van der Waals surface area contributed by atoms with Crippen LogP contribution < -0.4 is 4.74 Å². The summed E-state index contributed by atoms with van der Waals surface area (Å²) < 4.78 is 90.3. The highest BCUT2D eigenvalue weighted by molar-refractivity contribution is 6.00. The molecule has 0 radical (unpaired) electrons. The quantitative estimate of drug-likeness (QED) is 0.313. The van der Waals surface area contributed by atoms with E-state index in [-0.39, 0.29) is 29.8 Å². The zero-order chi connectivity index (χ0) is 28.8. The van der Waals surface area contributed by atoms with Crippen molar-refractivity contribution in [2.45, 2.75) is 25.7 Å². The molecule has 0 bridgehead atoms. The molecule has 2 aromatic heterocycles. The Morgan fingerprint density at radius 3 is 2.45 bits per heavy atom. The van der Waals surface area contributed by atoms with Crippen molar-refractivity contribution in [3.63, 3.8) is 0 Å². The third kappa shape index (κ3) is 5.08. The van der Waals surface area contributed by atoms with Crippen molar-refractivity contribution in [1.82, 2.24) is 24.4 Å². The third-order valence-corrected chi connectivity index (χ3v) is 6.83. The van der Waals surface area contributed by atoms with Crippen LogP contribution in [0.25, 0.3) is 16.9 Å². The molecule has 0 aliphatic carbocycles. The van der Waals surface area contributed by atoms with Crippen LogP contribution >= 0.6 is 0 Å². The summed E-state index contributed by atoms with van der Waals surface area (Å²) in [5.41, 5.74) is -2.72. The summed E-state index contributed by atoms with van der Waals surface area (Å²) in [6, 6.07) is 8.38. The molecule has 2 aromatic carbocycles. The Hall–Kier alpha value is -4.13. The molecule has 1 fully saturated rings. The summed E-state index contributed by atoms with van der Waals surface area (Å²) in [6.07, 6.45) is -4.19. The summed E-state index contributed by atoms with van der Waals surface area (Å²) in [5.74, 6) is -2.96. The van der Waals surface area contributed by atoms with Crippen LogP contribution in [0.15, 0.2) is 48.7 Å². The fraction of sp³-hybridized carbons (Fsp3) is 0.296. The molecule has 1 aliphatic heterocycles. The van der Waals surface area contributed by atoms with Gasteiger partial charge in [-0.2, -0.15) is 18.3 Å². The number of rotatable bonds is 5. The molecule has 40 heavy (non-hydrogen) atoms. The Morgan fingerprint density at radius 1 is 1.07 bits per heavy atom. The standard InChI is InChI=1S/C27H23F6N5O2/c1-15-13-36(14-17-11-18(28)5-8-21(17)29)9-10-37(15)26(39)20-12-34-38-24(27(31,32)33)22(30)23(35-25(20)38)16-3-6-19(40-2)7-4-16/h3-8,11-12,15H,9-10,13-14H2,1-2H3/t15-/m1/s1. The van der Waals surface area contributed by atoms with E-state index in [9.17, 15) is 26.7 Å². The van der Waals surface area contributed by atoms with E-state index in [4.69, 9.17) is 4.74 Å². The largest absolute Gasteiger partial charge is 0.497 e. The van der Waals surface area contributed by atoms with Crippen LogP contribution in [0.3, 0.4) is 0 Å². The van der Waals surface area contributed by atoms with E-state index in [1.54, 1.807) is 6.92 Å². The van der Waals surface area contributed by atoms with Crippen molar-refractivity contribution in [3.05, 3.63) is 82.9 Å². The van der Waals surface area contributed by atoms with Gasteiger partial charge in [0.1, 0.15) is 28.6 Å². The number of nitrogens with zero attached hydrogens (tertiary/aromatic N) is 5. The van der Waals surface area contributed by atoms with E-state index >= 15 is 4.39 Å². The van der Waals surface area contributed by atoms with Gasteiger partial charge in [-0.3, -0.25) is 9.69 Å².